The maximum absolute atomic E-state index is 11.4. The molecule has 0 unspecified atom stereocenters. The lowest BCUT2D eigenvalue weighted by Crippen LogP contribution is -2.45. The predicted molar refractivity (Wildman–Crippen MR) is 118 cm³/mol. The van der Waals surface area contributed by atoms with Crippen molar-refractivity contribution in [1.82, 2.24) is 10.2 Å². The molecule has 0 atom stereocenters. The van der Waals surface area contributed by atoms with Crippen LogP contribution >= 0.6 is 24.8 Å². The molecule has 1 saturated heterocycles. The maximum atomic E-state index is 11.4. The van der Waals surface area contributed by atoms with Crippen LogP contribution in [0.5, 0.6) is 17.2 Å². The lowest BCUT2D eigenvalue weighted by molar-refractivity contribution is 0.200. The molecule has 0 bridgehead atoms. The highest BCUT2D eigenvalue weighted by Gasteiger charge is 2.19. The number of hydrogen-bond donors (Lipinski definition) is 2. The van der Waals surface area contributed by atoms with E-state index in [1.807, 2.05) is 30.3 Å². The van der Waals surface area contributed by atoms with E-state index >= 15 is 0 Å². The van der Waals surface area contributed by atoms with E-state index in [1.54, 1.807) is 19.2 Å². The summed E-state index contributed by atoms with van der Waals surface area (Å²) in [5.74, 6) is 1.25. The Morgan fingerprint density at radius 1 is 1.07 bits per heavy atom. The zero-order valence-electron chi connectivity index (χ0n) is 16.5. The van der Waals surface area contributed by atoms with Crippen molar-refractivity contribution >= 4 is 36.6 Å². The second-order valence-corrected chi connectivity index (χ2v) is 6.38. The van der Waals surface area contributed by atoms with E-state index in [-0.39, 0.29) is 24.8 Å². The number of anilines is 1. The Labute approximate surface area is 183 Å². The number of benzene rings is 2. The van der Waals surface area contributed by atoms with Gasteiger partial charge in [-0.2, -0.15) is 0 Å². The van der Waals surface area contributed by atoms with E-state index in [0.717, 1.165) is 44.0 Å². The van der Waals surface area contributed by atoms with Crippen molar-refractivity contribution in [3.05, 3.63) is 48.0 Å². The number of carbonyl (C=O) groups excluding carboxylic acids is 1. The summed E-state index contributed by atoms with van der Waals surface area (Å²) in [4.78, 5) is 16.0. The SMILES string of the molecule is CNC(=O)Oc1ccc(CN2CCN(c3ccccc3O)CC2)cc1OC.Cl.Cl. The van der Waals surface area contributed by atoms with Gasteiger partial charge in [0.05, 0.1) is 12.8 Å². The highest BCUT2D eigenvalue weighted by Crippen LogP contribution is 2.30. The van der Waals surface area contributed by atoms with E-state index in [9.17, 15) is 9.90 Å². The fourth-order valence-electron chi connectivity index (χ4n) is 3.18. The molecule has 0 aliphatic carbocycles. The largest absolute Gasteiger partial charge is 0.506 e. The molecular weight excluding hydrogens is 417 g/mol. The molecule has 9 heteroatoms. The molecule has 2 aromatic carbocycles. The Morgan fingerprint density at radius 3 is 2.38 bits per heavy atom. The van der Waals surface area contributed by atoms with Crippen molar-refractivity contribution in [3.63, 3.8) is 0 Å². The van der Waals surface area contributed by atoms with Crippen molar-refractivity contribution in [2.24, 2.45) is 0 Å². The molecule has 1 heterocycles. The Balaban J connectivity index is 0.00000210. The molecule has 1 aliphatic heterocycles. The number of phenols is 1. The number of nitrogens with one attached hydrogen (secondary N) is 1. The van der Waals surface area contributed by atoms with Gasteiger partial charge in [0, 0.05) is 39.8 Å². The van der Waals surface area contributed by atoms with Crippen LogP contribution in [0.3, 0.4) is 0 Å². The number of hydrogen-bond acceptors (Lipinski definition) is 6. The molecule has 0 radical (unpaired) electrons. The van der Waals surface area contributed by atoms with Crippen LogP contribution in [-0.2, 0) is 6.54 Å². The summed E-state index contributed by atoms with van der Waals surface area (Å²) < 4.78 is 10.5. The number of carbonyl (C=O) groups is 1. The maximum Gasteiger partial charge on any atom is 0.412 e. The molecule has 0 spiro atoms. The van der Waals surface area contributed by atoms with Gasteiger partial charge in [-0.1, -0.05) is 18.2 Å². The zero-order valence-corrected chi connectivity index (χ0v) is 18.1. The van der Waals surface area contributed by atoms with Crippen molar-refractivity contribution < 1.29 is 19.4 Å². The molecule has 1 fully saturated rings. The summed E-state index contributed by atoms with van der Waals surface area (Å²) in [6.45, 7) is 4.28. The Bertz CT molecular complexity index is 799. The second-order valence-electron chi connectivity index (χ2n) is 6.38. The van der Waals surface area contributed by atoms with Crippen LogP contribution in [0.15, 0.2) is 42.5 Å². The van der Waals surface area contributed by atoms with Crippen molar-refractivity contribution in [2.45, 2.75) is 6.54 Å². The number of amides is 1. The summed E-state index contributed by atoms with van der Waals surface area (Å²) in [6, 6.07) is 13.0. The first-order valence-electron chi connectivity index (χ1n) is 8.92. The van der Waals surface area contributed by atoms with Crippen LogP contribution in [0.1, 0.15) is 5.56 Å². The number of aromatic hydroxyl groups is 1. The second kappa shape index (κ2) is 11.6. The van der Waals surface area contributed by atoms with Crippen molar-refractivity contribution in [1.29, 1.82) is 0 Å². The molecule has 3 rings (SSSR count). The molecule has 2 N–H and O–H groups in total. The fraction of sp³-hybridized carbons (Fsp3) is 0.350. The zero-order chi connectivity index (χ0) is 19.2. The molecule has 0 aromatic heterocycles. The minimum atomic E-state index is -0.527. The van der Waals surface area contributed by atoms with Gasteiger partial charge >= 0.3 is 6.09 Å². The predicted octanol–water partition coefficient (Wildman–Crippen LogP) is 3.28. The van der Waals surface area contributed by atoms with Crippen LogP contribution in [0.25, 0.3) is 0 Å². The number of nitrogens with zero attached hydrogens (tertiary/aromatic N) is 2. The van der Waals surface area contributed by atoms with Gasteiger partial charge in [-0.25, -0.2) is 4.79 Å². The highest BCUT2D eigenvalue weighted by molar-refractivity contribution is 5.85. The van der Waals surface area contributed by atoms with Gasteiger partial charge in [-0.3, -0.25) is 4.90 Å². The third-order valence-corrected chi connectivity index (χ3v) is 4.64. The standard InChI is InChI=1S/C20H25N3O4.2ClH/c1-21-20(25)27-18-8-7-15(13-19(18)26-2)14-22-9-11-23(12-10-22)16-5-3-4-6-17(16)24;;/h3-8,13,24H,9-12,14H2,1-2H3,(H,21,25);2*1H. The minimum absolute atomic E-state index is 0. The molecule has 7 nitrogen and oxygen atoms in total. The fourth-order valence-corrected chi connectivity index (χ4v) is 3.18. The Hall–Kier alpha value is -2.35. The molecule has 29 heavy (non-hydrogen) atoms. The Kier molecular flexibility index (Phi) is 9.88. The minimum Gasteiger partial charge on any atom is -0.506 e. The first-order valence-corrected chi connectivity index (χ1v) is 8.92. The van der Waals surface area contributed by atoms with Crippen LogP contribution in [0, 0.1) is 0 Å². The van der Waals surface area contributed by atoms with Gasteiger partial charge < -0.3 is 24.8 Å². The monoisotopic (exact) mass is 443 g/mol. The molecule has 0 saturated carbocycles. The quantitative estimate of drug-likeness (QED) is 0.738. The van der Waals surface area contributed by atoms with Gasteiger partial charge in [0.2, 0.25) is 0 Å². The highest BCUT2D eigenvalue weighted by atomic mass is 35.5. The summed E-state index contributed by atoms with van der Waals surface area (Å²) in [5.41, 5.74) is 1.97. The van der Waals surface area contributed by atoms with E-state index in [1.165, 1.54) is 7.05 Å². The van der Waals surface area contributed by atoms with E-state index < -0.39 is 6.09 Å². The molecule has 160 valence electrons. The first-order chi connectivity index (χ1) is 13.1. The number of phenolic OH excluding ortho intramolecular Hbond substituents is 1. The summed E-state index contributed by atoms with van der Waals surface area (Å²) >= 11 is 0. The summed E-state index contributed by atoms with van der Waals surface area (Å²) in [7, 11) is 3.07. The number of ether oxygens (including phenoxy) is 2. The van der Waals surface area contributed by atoms with Crippen molar-refractivity contribution in [3.8, 4) is 17.2 Å². The van der Waals surface area contributed by atoms with Gasteiger partial charge in [-0.15, -0.1) is 24.8 Å². The topological polar surface area (TPSA) is 74.3 Å². The van der Waals surface area contributed by atoms with Crippen LogP contribution in [-0.4, -0.2) is 56.4 Å². The third-order valence-electron chi connectivity index (χ3n) is 4.64. The molecule has 1 aliphatic rings. The molecular formula is C20H27Cl2N3O4. The van der Waals surface area contributed by atoms with Gasteiger partial charge in [0.25, 0.3) is 0 Å². The lowest BCUT2D eigenvalue weighted by Gasteiger charge is -2.36. The van der Waals surface area contributed by atoms with Gasteiger partial charge in [0.1, 0.15) is 5.75 Å². The lowest BCUT2D eigenvalue weighted by atomic mass is 10.1. The van der Waals surface area contributed by atoms with Gasteiger partial charge in [-0.05, 0) is 29.8 Å². The first kappa shape index (κ1) is 24.7. The normalized spacial score (nSPS) is 13.7. The number of methoxy groups -OCH3 is 1. The molecule has 2 aromatic rings. The van der Waals surface area contributed by atoms with E-state index in [2.05, 4.69) is 15.1 Å². The number of piperazine rings is 1. The average molecular weight is 444 g/mol. The average Bonchev–Trinajstić information content (AvgIpc) is 2.70. The van der Waals surface area contributed by atoms with E-state index in [4.69, 9.17) is 9.47 Å². The Morgan fingerprint density at radius 2 is 1.76 bits per heavy atom. The summed E-state index contributed by atoms with van der Waals surface area (Å²) in [6.07, 6.45) is -0.527. The molecule has 1 amide bonds. The smallest absolute Gasteiger partial charge is 0.412 e. The van der Waals surface area contributed by atoms with Crippen LogP contribution in [0.4, 0.5) is 10.5 Å². The van der Waals surface area contributed by atoms with Crippen LogP contribution < -0.4 is 19.7 Å². The van der Waals surface area contributed by atoms with Gasteiger partial charge in [0.15, 0.2) is 11.5 Å². The van der Waals surface area contributed by atoms with Crippen molar-refractivity contribution in [2.75, 3.05) is 45.2 Å². The number of para-hydroxylation sites is 2. The summed E-state index contributed by atoms with van der Waals surface area (Å²) in [5, 5.41) is 12.4. The third kappa shape index (κ3) is 6.32. The van der Waals surface area contributed by atoms with E-state index in [0.29, 0.717) is 17.2 Å². The number of halogens is 2. The van der Waals surface area contributed by atoms with Crippen LogP contribution in [0.2, 0.25) is 0 Å². The number of rotatable bonds is 5.